The Bertz CT molecular complexity index is 1510. The number of aromatic nitrogens is 2. The van der Waals surface area contributed by atoms with Gasteiger partial charge in [0.15, 0.2) is 0 Å². The second kappa shape index (κ2) is 8.62. The quantitative estimate of drug-likeness (QED) is 0.468. The Morgan fingerprint density at radius 2 is 1.77 bits per heavy atom. The second-order valence-electron chi connectivity index (χ2n) is 9.20. The summed E-state index contributed by atoms with van der Waals surface area (Å²) < 4.78 is 28.6. The van der Waals surface area contributed by atoms with E-state index in [0.717, 1.165) is 17.7 Å². The molecule has 0 bridgehead atoms. The number of aromatic amines is 1. The lowest BCUT2D eigenvalue weighted by Gasteiger charge is -2.33. The number of anilines is 1. The first-order valence-corrected chi connectivity index (χ1v) is 13.4. The molecule has 1 atom stereocenters. The SMILES string of the molecule is O=C(C1CCCN(S(=O)(=O)c2ccc3nc(-c4ccccc4)[nH]c3c2)C1)N1CCc2ccccc21. The van der Waals surface area contributed by atoms with Crippen LogP contribution in [-0.4, -0.2) is 48.2 Å². The van der Waals surface area contributed by atoms with Gasteiger partial charge in [-0.2, -0.15) is 4.31 Å². The van der Waals surface area contributed by atoms with Crippen molar-refractivity contribution < 1.29 is 13.2 Å². The summed E-state index contributed by atoms with van der Waals surface area (Å²) in [5.74, 6) is 0.376. The van der Waals surface area contributed by atoms with Gasteiger partial charge >= 0.3 is 0 Å². The fraction of sp³-hybridized carbons (Fsp3) is 0.259. The number of carbonyl (C=O) groups is 1. The maximum absolute atomic E-state index is 13.6. The molecule has 0 radical (unpaired) electrons. The molecule has 35 heavy (non-hydrogen) atoms. The van der Waals surface area contributed by atoms with Gasteiger partial charge in [0.05, 0.1) is 21.8 Å². The molecule has 0 spiro atoms. The first-order valence-electron chi connectivity index (χ1n) is 12.0. The van der Waals surface area contributed by atoms with Crippen molar-refractivity contribution >= 4 is 32.7 Å². The predicted molar refractivity (Wildman–Crippen MR) is 136 cm³/mol. The van der Waals surface area contributed by atoms with Crippen LogP contribution in [0.15, 0.2) is 77.7 Å². The first-order chi connectivity index (χ1) is 17.0. The number of rotatable bonds is 4. The Labute approximate surface area is 204 Å². The number of imidazole rings is 1. The molecule has 1 aromatic heterocycles. The number of piperidine rings is 1. The molecule has 6 rings (SSSR count). The molecule has 2 aliphatic rings. The van der Waals surface area contributed by atoms with Crippen LogP contribution in [0, 0.1) is 5.92 Å². The Morgan fingerprint density at radius 1 is 0.971 bits per heavy atom. The molecule has 178 valence electrons. The van der Waals surface area contributed by atoms with E-state index in [2.05, 4.69) is 16.0 Å². The summed E-state index contributed by atoms with van der Waals surface area (Å²) in [5, 5.41) is 0. The number of fused-ring (bicyclic) bond motifs is 2. The Balaban J connectivity index is 1.24. The van der Waals surface area contributed by atoms with Crippen LogP contribution in [0.4, 0.5) is 5.69 Å². The van der Waals surface area contributed by atoms with Crippen LogP contribution in [0.25, 0.3) is 22.4 Å². The van der Waals surface area contributed by atoms with Gasteiger partial charge < -0.3 is 9.88 Å². The number of H-pyrrole nitrogens is 1. The summed E-state index contributed by atoms with van der Waals surface area (Å²) in [6.07, 6.45) is 2.20. The van der Waals surface area contributed by atoms with Crippen molar-refractivity contribution in [3.63, 3.8) is 0 Å². The number of amides is 1. The van der Waals surface area contributed by atoms with Crippen molar-refractivity contribution in [1.82, 2.24) is 14.3 Å². The lowest BCUT2D eigenvalue weighted by Crippen LogP contribution is -2.46. The highest BCUT2D eigenvalue weighted by Crippen LogP contribution is 2.32. The highest BCUT2D eigenvalue weighted by atomic mass is 32.2. The largest absolute Gasteiger partial charge is 0.338 e. The molecule has 3 heterocycles. The molecule has 1 amide bonds. The monoisotopic (exact) mass is 486 g/mol. The van der Waals surface area contributed by atoms with Gasteiger partial charge in [0, 0.05) is 30.9 Å². The molecule has 1 unspecified atom stereocenters. The molecule has 1 fully saturated rings. The van der Waals surface area contributed by atoms with Crippen LogP contribution < -0.4 is 4.90 Å². The van der Waals surface area contributed by atoms with Gasteiger partial charge in [-0.3, -0.25) is 4.79 Å². The third-order valence-corrected chi connectivity index (χ3v) is 8.89. The number of hydrogen-bond donors (Lipinski definition) is 1. The molecule has 3 aromatic carbocycles. The predicted octanol–water partition coefficient (Wildman–Crippen LogP) is 4.22. The fourth-order valence-corrected chi connectivity index (χ4v) is 6.73. The van der Waals surface area contributed by atoms with Crippen LogP contribution in [-0.2, 0) is 21.2 Å². The van der Waals surface area contributed by atoms with E-state index < -0.39 is 10.0 Å². The number of para-hydroxylation sites is 1. The zero-order valence-corrected chi connectivity index (χ0v) is 20.0. The van der Waals surface area contributed by atoms with E-state index in [4.69, 9.17) is 0 Å². The van der Waals surface area contributed by atoms with Crippen molar-refractivity contribution in [3.05, 3.63) is 78.4 Å². The van der Waals surface area contributed by atoms with Gasteiger partial charge in [0.1, 0.15) is 5.82 Å². The number of carbonyl (C=O) groups excluding carboxylic acids is 1. The van der Waals surface area contributed by atoms with Gasteiger partial charge in [0.25, 0.3) is 0 Å². The van der Waals surface area contributed by atoms with Crippen molar-refractivity contribution in [1.29, 1.82) is 0 Å². The normalized spacial score (nSPS) is 18.6. The molecule has 1 saturated heterocycles. The third kappa shape index (κ3) is 3.92. The summed E-state index contributed by atoms with van der Waals surface area (Å²) in [4.78, 5) is 23.3. The number of benzene rings is 3. The van der Waals surface area contributed by atoms with E-state index in [1.54, 1.807) is 18.2 Å². The average molecular weight is 487 g/mol. The van der Waals surface area contributed by atoms with E-state index in [-0.39, 0.29) is 23.3 Å². The number of nitrogens with one attached hydrogen (secondary N) is 1. The fourth-order valence-electron chi connectivity index (χ4n) is 5.18. The van der Waals surface area contributed by atoms with E-state index in [1.807, 2.05) is 53.4 Å². The molecule has 7 nitrogen and oxygen atoms in total. The topological polar surface area (TPSA) is 86.4 Å². The van der Waals surface area contributed by atoms with Gasteiger partial charge in [-0.15, -0.1) is 0 Å². The Hall–Kier alpha value is -3.49. The molecule has 8 heteroatoms. The van der Waals surface area contributed by atoms with E-state index in [0.29, 0.717) is 42.8 Å². The molecule has 4 aromatic rings. The molecular formula is C27H26N4O3S. The summed E-state index contributed by atoms with van der Waals surface area (Å²) >= 11 is 0. The van der Waals surface area contributed by atoms with Crippen LogP contribution in [0.5, 0.6) is 0 Å². The van der Waals surface area contributed by atoms with Crippen molar-refractivity contribution in [2.75, 3.05) is 24.5 Å². The number of hydrogen-bond acceptors (Lipinski definition) is 4. The Morgan fingerprint density at radius 3 is 2.63 bits per heavy atom. The summed E-state index contributed by atoms with van der Waals surface area (Å²) in [7, 11) is -3.74. The van der Waals surface area contributed by atoms with Gasteiger partial charge in [-0.1, -0.05) is 48.5 Å². The zero-order chi connectivity index (χ0) is 24.0. The minimum absolute atomic E-state index is 0.0198. The van der Waals surface area contributed by atoms with E-state index in [9.17, 15) is 13.2 Å². The molecule has 0 aliphatic carbocycles. The smallest absolute Gasteiger partial charge is 0.243 e. The lowest BCUT2D eigenvalue weighted by atomic mass is 9.98. The highest BCUT2D eigenvalue weighted by molar-refractivity contribution is 7.89. The second-order valence-corrected chi connectivity index (χ2v) is 11.1. The van der Waals surface area contributed by atoms with Crippen molar-refractivity contribution in [3.8, 4) is 11.4 Å². The van der Waals surface area contributed by atoms with E-state index in [1.165, 1.54) is 9.87 Å². The minimum Gasteiger partial charge on any atom is -0.338 e. The standard InChI is InChI=1S/C27H26N4O3S/c32-27(31-16-14-19-7-4-5-11-25(19)31)21-10-6-15-30(18-21)35(33,34)22-12-13-23-24(17-22)29-26(28-23)20-8-2-1-3-9-20/h1-5,7-9,11-13,17,21H,6,10,14-16,18H2,(H,28,29). The molecule has 0 saturated carbocycles. The number of sulfonamides is 1. The zero-order valence-electron chi connectivity index (χ0n) is 19.2. The van der Waals surface area contributed by atoms with Crippen LogP contribution in [0.2, 0.25) is 0 Å². The maximum Gasteiger partial charge on any atom is 0.243 e. The summed E-state index contributed by atoms with van der Waals surface area (Å²) in [6, 6.07) is 22.7. The lowest BCUT2D eigenvalue weighted by molar-refractivity contribution is -0.123. The maximum atomic E-state index is 13.6. The Kier molecular flexibility index (Phi) is 5.42. The van der Waals surface area contributed by atoms with Crippen LogP contribution in [0.3, 0.4) is 0 Å². The van der Waals surface area contributed by atoms with Crippen molar-refractivity contribution in [2.45, 2.75) is 24.2 Å². The molecule has 2 aliphatic heterocycles. The number of nitrogens with zero attached hydrogens (tertiary/aromatic N) is 3. The molecular weight excluding hydrogens is 460 g/mol. The first kappa shape index (κ1) is 22.0. The van der Waals surface area contributed by atoms with Crippen LogP contribution >= 0.6 is 0 Å². The third-order valence-electron chi connectivity index (χ3n) is 7.02. The highest BCUT2D eigenvalue weighted by Gasteiger charge is 2.37. The summed E-state index contributed by atoms with van der Waals surface area (Å²) in [6.45, 7) is 1.27. The average Bonchev–Trinajstić information content (AvgIpc) is 3.53. The van der Waals surface area contributed by atoms with E-state index >= 15 is 0 Å². The van der Waals surface area contributed by atoms with Crippen LogP contribution in [0.1, 0.15) is 18.4 Å². The summed E-state index contributed by atoms with van der Waals surface area (Å²) in [5.41, 5.74) is 4.44. The van der Waals surface area contributed by atoms with Crippen molar-refractivity contribution in [2.24, 2.45) is 5.92 Å². The molecule has 1 N–H and O–H groups in total. The van der Waals surface area contributed by atoms with Gasteiger partial charge in [-0.05, 0) is 49.1 Å². The minimum atomic E-state index is -3.74. The van der Waals surface area contributed by atoms with Gasteiger partial charge in [0.2, 0.25) is 15.9 Å². The van der Waals surface area contributed by atoms with Gasteiger partial charge in [-0.25, -0.2) is 13.4 Å².